The Labute approximate surface area is 108 Å². The number of Topliss-reactive ketones (excluding diaryl/α,β-unsaturated/α-hetero) is 1. The summed E-state index contributed by atoms with van der Waals surface area (Å²) in [4.78, 5) is 13.6. The van der Waals surface area contributed by atoms with Gasteiger partial charge in [0.1, 0.15) is 11.9 Å². The summed E-state index contributed by atoms with van der Waals surface area (Å²) < 4.78 is 5.90. The number of nitrogens with two attached hydrogens (primary N) is 1. The third-order valence-corrected chi connectivity index (χ3v) is 3.37. The van der Waals surface area contributed by atoms with Crippen LogP contribution in [0.4, 0.5) is 5.69 Å². The summed E-state index contributed by atoms with van der Waals surface area (Å²) in [5.74, 6) is 0.741. The van der Waals surface area contributed by atoms with E-state index in [1.54, 1.807) is 12.1 Å². The van der Waals surface area contributed by atoms with Crippen LogP contribution in [0, 0.1) is 0 Å². The van der Waals surface area contributed by atoms with E-state index in [1.807, 2.05) is 6.07 Å². The molecule has 98 valence electrons. The Morgan fingerprint density at radius 3 is 2.61 bits per heavy atom. The van der Waals surface area contributed by atoms with Crippen LogP contribution in [-0.4, -0.2) is 36.9 Å². The molecule has 2 N–H and O–H groups in total. The predicted octanol–water partition coefficient (Wildman–Crippen LogP) is 1.94. The van der Waals surface area contributed by atoms with Gasteiger partial charge in [0, 0.05) is 30.4 Å². The molecule has 1 aliphatic rings. The van der Waals surface area contributed by atoms with Crippen LogP contribution in [0.1, 0.15) is 30.1 Å². The fraction of sp³-hybridized carbons (Fsp3) is 0.500. The minimum atomic E-state index is -0.0154. The summed E-state index contributed by atoms with van der Waals surface area (Å²) in [6.07, 6.45) is 2.32. The van der Waals surface area contributed by atoms with Gasteiger partial charge in [0.25, 0.3) is 0 Å². The molecule has 0 aliphatic carbocycles. The first-order valence-corrected chi connectivity index (χ1v) is 6.32. The summed E-state index contributed by atoms with van der Waals surface area (Å²) in [5, 5.41) is 0. The highest BCUT2D eigenvalue weighted by molar-refractivity contribution is 5.99. The summed E-state index contributed by atoms with van der Waals surface area (Å²) in [7, 11) is 2.12. The van der Waals surface area contributed by atoms with Gasteiger partial charge in [0.15, 0.2) is 5.78 Å². The van der Waals surface area contributed by atoms with Crippen LogP contribution in [0.15, 0.2) is 18.2 Å². The molecule has 0 bridgehead atoms. The fourth-order valence-electron chi connectivity index (χ4n) is 2.23. The first-order chi connectivity index (χ1) is 8.56. The molecule has 0 aromatic heterocycles. The molecule has 0 saturated carbocycles. The highest BCUT2D eigenvalue weighted by Gasteiger charge is 2.18. The van der Waals surface area contributed by atoms with E-state index in [2.05, 4.69) is 11.9 Å². The maximum atomic E-state index is 11.3. The lowest BCUT2D eigenvalue weighted by molar-refractivity contribution is 0.101. The Hall–Kier alpha value is -1.55. The Kier molecular flexibility index (Phi) is 3.87. The Morgan fingerprint density at radius 2 is 2.06 bits per heavy atom. The molecule has 1 fully saturated rings. The Balaban J connectivity index is 2.02. The number of carbonyl (C=O) groups is 1. The van der Waals surface area contributed by atoms with Crippen molar-refractivity contribution in [2.45, 2.75) is 25.9 Å². The zero-order valence-electron chi connectivity index (χ0n) is 11.0. The molecule has 0 unspecified atom stereocenters. The van der Waals surface area contributed by atoms with Crippen molar-refractivity contribution in [2.75, 3.05) is 25.9 Å². The minimum Gasteiger partial charge on any atom is -0.490 e. The van der Waals surface area contributed by atoms with Gasteiger partial charge in [-0.15, -0.1) is 0 Å². The van der Waals surface area contributed by atoms with Gasteiger partial charge in [0.05, 0.1) is 0 Å². The van der Waals surface area contributed by atoms with Gasteiger partial charge in [0.2, 0.25) is 0 Å². The maximum absolute atomic E-state index is 11.3. The van der Waals surface area contributed by atoms with Gasteiger partial charge < -0.3 is 15.4 Å². The normalized spacial score (nSPS) is 17.7. The van der Waals surface area contributed by atoms with E-state index >= 15 is 0 Å². The van der Waals surface area contributed by atoms with E-state index in [9.17, 15) is 4.79 Å². The molecule has 1 aromatic carbocycles. The summed E-state index contributed by atoms with van der Waals surface area (Å²) in [6, 6.07) is 5.31. The second-order valence-electron chi connectivity index (χ2n) is 4.93. The number of ether oxygens (including phenoxy) is 1. The number of ketones is 1. The highest BCUT2D eigenvalue weighted by atomic mass is 16.5. The molecule has 4 heteroatoms. The van der Waals surface area contributed by atoms with Gasteiger partial charge in [-0.05, 0) is 38.9 Å². The number of anilines is 1. The van der Waals surface area contributed by atoms with Crippen molar-refractivity contribution in [1.29, 1.82) is 0 Å². The maximum Gasteiger partial charge on any atom is 0.161 e. The van der Waals surface area contributed by atoms with Crippen LogP contribution in [0.2, 0.25) is 0 Å². The number of hydrogen-bond acceptors (Lipinski definition) is 4. The number of nitrogens with zero attached hydrogens (tertiary/aromatic N) is 1. The lowest BCUT2D eigenvalue weighted by Gasteiger charge is -2.29. The average molecular weight is 248 g/mol. The first kappa shape index (κ1) is 12.9. The molecule has 18 heavy (non-hydrogen) atoms. The largest absolute Gasteiger partial charge is 0.490 e. The summed E-state index contributed by atoms with van der Waals surface area (Å²) in [5.41, 5.74) is 6.89. The molecule has 0 spiro atoms. The zero-order valence-corrected chi connectivity index (χ0v) is 11.0. The number of likely N-dealkylation sites (tertiary alicyclic amines) is 1. The molecule has 2 rings (SSSR count). The van der Waals surface area contributed by atoms with Gasteiger partial charge >= 0.3 is 0 Å². The molecular formula is C14H20N2O2. The molecule has 1 aromatic rings. The Bertz CT molecular complexity index is 437. The van der Waals surface area contributed by atoms with Crippen molar-refractivity contribution in [3.63, 3.8) is 0 Å². The van der Waals surface area contributed by atoms with E-state index in [-0.39, 0.29) is 11.9 Å². The lowest BCUT2D eigenvalue weighted by Crippen LogP contribution is -2.35. The number of benzene rings is 1. The van der Waals surface area contributed by atoms with Crippen molar-refractivity contribution >= 4 is 11.5 Å². The van der Waals surface area contributed by atoms with Crippen LogP contribution in [-0.2, 0) is 0 Å². The number of carbonyl (C=O) groups excluding carboxylic acids is 1. The monoisotopic (exact) mass is 248 g/mol. The third kappa shape index (κ3) is 3.01. The lowest BCUT2D eigenvalue weighted by atomic mass is 10.1. The van der Waals surface area contributed by atoms with E-state index < -0.39 is 0 Å². The van der Waals surface area contributed by atoms with Crippen molar-refractivity contribution in [2.24, 2.45) is 0 Å². The van der Waals surface area contributed by atoms with Crippen LogP contribution in [0.5, 0.6) is 5.75 Å². The minimum absolute atomic E-state index is 0.0154. The second-order valence-corrected chi connectivity index (χ2v) is 4.93. The van der Waals surface area contributed by atoms with Crippen molar-refractivity contribution < 1.29 is 9.53 Å². The van der Waals surface area contributed by atoms with Gasteiger partial charge in [-0.2, -0.15) is 0 Å². The first-order valence-electron chi connectivity index (χ1n) is 6.32. The third-order valence-electron chi connectivity index (χ3n) is 3.37. The van der Waals surface area contributed by atoms with E-state index in [0.717, 1.165) is 31.7 Å². The smallest absolute Gasteiger partial charge is 0.161 e. The van der Waals surface area contributed by atoms with E-state index in [1.165, 1.54) is 6.92 Å². The average Bonchev–Trinajstić information content (AvgIpc) is 2.32. The van der Waals surface area contributed by atoms with Crippen LogP contribution < -0.4 is 10.5 Å². The van der Waals surface area contributed by atoms with E-state index in [0.29, 0.717) is 11.3 Å². The van der Waals surface area contributed by atoms with Crippen molar-refractivity contribution in [3.05, 3.63) is 23.8 Å². The quantitative estimate of drug-likeness (QED) is 0.656. The summed E-state index contributed by atoms with van der Waals surface area (Å²) >= 11 is 0. The highest BCUT2D eigenvalue weighted by Crippen LogP contribution is 2.23. The fourth-order valence-corrected chi connectivity index (χ4v) is 2.23. The Morgan fingerprint density at radius 1 is 1.39 bits per heavy atom. The van der Waals surface area contributed by atoms with Crippen LogP contribution >= 0.6 is 0 Å². The van der Waals surface area contributed by atoms with Crippen LogP contribution in [0.3, 0.4) is 0 Å². The number of nitrogen functional groups attached to an aromatic ring is 1. The molecule has 0 atom stereocenters. The SMILES string of the molecule is CC(=O)c1ccc(OC2CCN(C)CC2)cc1N. The second kappa shape index (κ2) is 5.40. The molecule has 4 nitrogen and oxygen atoms in total. The standard InChI is InChI=1S/C14H20N2O2/c1-10(17)13-4-3-12(9-14(13)15)18-11-5-7-16(2)8-6-11/h3-4,9,11H,5-8,15H2,1-2H3. The van der Waals surface area contributed by atoms with Gasteiger partial charge in [-0.1, -0.05) is 0 Å². The zero-order chi connectivity index (χ0) is 13.1. The van der Waals surface area contributed by atoms with Gasteiger partial charge in [-0.25, -0.2) is 0 Å². The predicted molar refractivity (Wildman–Crippen MR) is 72.0 cm³/mol. The molecule has 1 heterocycles. The van der Waals surface area contributed by atoms with Crippen molar-refractivity contribution in [1.82, 2.24) is 4.90 Å². The number of hydrogen-bond donors (Lipinski definition) is 1. The molecule has 0 radical (unpaired) electrons. The van der Waals surface area contributed by atoms with Crippen molar-refractivity contribution in [3.8, 4) is 5.75 Å². The summed E-state index contributed by atoms with van der Waals surface area (Å²) in [6.45, 7) is 3.64. The van der Waals surface area contributed by atoms with E-state index in [4.69, 9.17) is 10.5 Å². The topological polar surface area (TPSA) is 55.6 Å². The molecule has 1 saturated heterocycles. The number of rotatable bonds is 3. The molecule has 0 amide bonds. The number of piperidine rings is 1. The van der Waals surface area contributed by atoms with Gasteiger partial charge in [-0.3, -0.25) is 4.79 Å². The van der Waals surface area contributed by atoms with Crippen LogP contribution in [0.25, 0.3) is 0 Å². The molecule has 1 aliphatic heterocycles. The molecular weight excluding hydrogens is 228 g/mol.